The molecule has 0 N–H and O–H groups in total. The smallest absolute Gasteiger partial charge is 0.383 e. The van der Waals surface area contributed by atoms with Crippen LogP contribution in [0.1, 0.15) is 63.7 Å². The van der Waals surface area contributed by atoms with Gasteiger partial charge in [0.2, 0.25) is 0 Å². The van der Waals surface area contributed by atoms with Crippen molar-refractivity contribution < 1.29 is 23.4 Å². The molecule has 6 nitrogen and oxygen atoms in total. The minimum atomic E-state index is -0.802. The van der Waals surface area contributed by atoms with Gasteiger partial charge in [-0.3, -0.25) is 0 Å². The lowest BCUT2D eigenvalue weighted by Gasteiger charge is -2.13. The average Bonchev–Trinajstić information content (AvgIpc) is 2.90. The van der Waals surface area contributed by atoms with Gasteiger partial charge in [-0.25, -0.2) is 9.59 Å². The molecule has 0 saturated heterocycles. The standard InChI is InChI=1S/C32H36O6/c1-5-6-7-11-20-35-26-17-18-27-28(22-26)37-32(34)30(38-31(33)25-15-9-8-10-16-25)29(27)36-21-19-24(4)14-12-13-23(2)3/h6-10,13,15-19,22H,5,11-12,14,20-21H2,1-4H3/b7-6?,24-19+. The number of rotatable bonds is 13. The summed E-state index contributed by atoms with van der Waals surface area (Å²) in [6.45, 7) is 8.97. The summed E-state index contributed by atoms with van der Waals surface area (Å²) in [6.07, 6.45) is 11.9. The Morgan fingerprint density at radius 3 is 2.45 bits per heavy atom. The molecule has 0 fully saturated rings. The molecule has 1 aromatic heterocycles. The Hall–Kier alpha value is -4.06. The minimum absolute atomic E-state index is 0.159. The van der Waals surface area contributed by atoms with E-state index in [2.05, 4.69) is 39.0 Å². The Balaban J connectivity index is 1.89. The second-order valence-electron chi connectivity index (χ2n) is 9.16. The quantitative estimate of drug-likeness (QED) is 0.0998. The van der Waals surface area contributed by atoms with Gasteiger partial charge >= 0.3 is 11.6 Å². The topological polar surface area (TPSA) is 75.0 Å². The monoisotopic (exact) mass is 516 g/mol. The van der Waals surface area contributed by atoms with Crippen LogP contribution in [0.3, 0.4) is 0 Å². The summed E-state index contributed by atoms with van der Waals surface area (Å²) in [5.74, 6) is -0.220. The molecule has 6 heteroatoms. The highest BCUT2D eigenvalue weighted by Gasteiger charge is 2.22. The Morgan fingerprint density at radius 1 is 0.921 bits per heavy atom. The van der Waals surface area contributed by atoms with E-state index < -0.39 is 11.6 Å². The van der Waals surface area contributed by atoms with Crippen LogP contribution < -0.4 is 19.8 Å². The summed E-state index contributed by atoms with van der Waals surface area (Å²) in [5, 5.41) is 0.509. The zero-order chi connectivity index (χ0) is 27.3. The number of fused-ring (bicyclic) bond motifs is 1. The summed E-state index contributed by atoms with van der Waals surface area (Å²) in [7, 11) is 0. The molecule has 0 unspecified atom stereocenters. The van der Waals surface area contributed by atoms with E-state index in [1.54, 1.807) is 48.5 Å². The van der Waals surface area contributed by atoms with Gasteiger partial charge < -0.3 is 18.6 Å². The number of esters is 1. The Labute approximate surface area is 224 Å². The minimum Gasteiger partial charge on any atom is -0.493 e. The fourth-order valence-corrected chi connectivity index (χ4v) is 3.67. The largest absolute Gasteiger partial charge is 0.493 e. The van der Waals surface area contributed by atoms with Gasteiger partial charge in [0.25, 0.3) is 5.75 Å². The molecular formula is C32H36O6. The van der Waals surface area contributed by atoms with Crippen LogP contribution in [0, 0.1) is 0 Å². The Bertz CT molecular complexity index is 1360. The SMILES string of the molecule is CCC=CCCOc1ccc2c(OC/C=C(\C)CCC=C(C)C)c(OC(=O)c3ccccc3)c(=O)oc2c1. The zero-order valence-electron chi connectivity index (χ0n) is 22.6. The molecule has 0 bridgehead atoms. The van der Waals surface area contributed by atoms with Gasteiger partial charge in [-0.15, -0.1) is 0 Å². The summed E-state index contributed by atoms with van der Waals surface area (Å²) < 4.78 is 22.9. The van der Waals surface area contributed by atoms with Crippen molar-refractivity contribution >= 4 is 16.9 Å². The number of allylic oxidation sites excluding steroid dienone is 4. The highest BCUT2D eigenvalue weighted by atomic mass is 16.6. The maximum Gasteiger partial charge on any atom is 0.383 e. The second kappa shape index (κ2) is 14.6. The van der Waals surface area contributed by atoms with Gasteiger partial charge in [0, 0.05) is 6.07 Å². The molecule has 3 rings (SSSR count). The highest BCUT2D eigenvalue weighted by molar-refractivity contribution is 5.93. The van der Waals surface area contributed by atoms with E-state index in [1.165, 1.54) is 5.57 Å². The molecule has 0 aliphatic carbocycles. The van der Waals surface area contributed by atoms with E-state index in [0.717, 1.165) is 31.3 Å². The third kappa shape index (κ3) is 8.51. The predicted molar refractivity (Wildman–Crippen MR) is 151 cm³/mol. The fourth-order valence-electron chi connectivity index (χ4n) is 3.67. The van der Waals surface area contributed by atoms with Crippen LogP contribution in [-0.2, 0) is 0 Å². The van der Waals surface area contributed by atoms with Crippen molar-refractivity contribution in [3.8, 4) is 17.2 Å². The molecule has 200 valence electrons. The molecule has 3 aromatic rings. The van der Waals surface area contributed by atoms with Crippen LogP contribution in [0.4, 0.5) is 0 Å². The number of hydrogen-bond acceptors (Lipinski definition) is 6. The molecule has 0 aliphatic heterocycles. The number of hydrogen-bond donors (Lipinski definition) is 0. The lowest BCUT2D eigenvalue weighted by Crippen LogP contribution is -2.16. The maximum absolute atomic E-state index is 13.0. The molecule has 38 heavy (non-hydrogen) atoms. The molecular weight excluding hydrogens is 480 g/mol. The highest BCUT2D eigenvalue weighted by Crippen LogP contribution is 2.35. The number of carbonyl (C=O) groups is 1. The third-order valence-corrected chi connectivity index (χ3v) is 5.70. The lowest BCUT2D eigenvalue weighted by atomic mass is 10.1. The first-order chi connectivity index (χ1) is 18.4. The fraction of sp³-hybridized carbons (Fsp3) is 0.312. The molecule has 0 saturated carbocycles. The number of benzene rings is 2. The lowest BCUT2D eigenvalue weighted by molar-refractivity contribution is 0.0722. The first-order valence-electron chi connectivity index (χ1n) is 13.0. The molecule has 0 spiro atoms. The van der Waals surface area contributed by atoms with Crippen molar-refractivity contribution in [1.29, 1.82) is 0 Å². The van der Waals surface area contributed by atoms with Crippen LogP contribution in [0.25, 0.3) is 11.0 Å². The third-order valence-electron chi connectivity index (χ3n) is 5.70. The summed E-state index contributed by atoms with van der Waals surface area (Å²) >= 11 is 0. The molecule has 0 amide bonds. The van der Waals surface area contributed by atoms with E-state index in [-0.39, 0.29) is 23.7 Å². The van der Waals surface area contributed by atoms with Crippen molar-refractivity contribution in [2.75, 3.05) is 13.2 Å². The zero-order valence-corrected chi connectivity index (χ0v) is 22.6. The summed E-state index contributed by atoms with van der Waals surface area (Å²) in [6, 6.07) is 13.6. The van der Waals surface area contributed by atoms with E-state index in [9.17, 15) is 9.59 Å². The molecule has 0 radical (unpaired) electrons. The van der Waals surface area contributed by atoms with E-state index in [0.29, 0.717) is 23.3 Å². The molecule has 1 heterocycles. The van der Waals surface area contributed by atoms with Gasteiger partial charge in [0.15, 0.2) is 5.75 Å². The normalized spacial score (nSPS) is 11.5. The predicted octanol–water partition coefficient (Wildman–Crippen LogP) is 7.82. The average molecular weight is 517 g/mol. The van der Waals surface area contributed by atoms with Crippen LogP contribution in [-0.4, -0.2) is 19.2 Å². The van der Waals surface area contributed by atoms with Crippen molar-refractivity contribution in [1.82, 2.24) is 0 Å². The van der Waals surface area contributed by atoms with Gasteiger partial charge in [-0.2, -0.15) is 0 Å². The molecule has 0 aliphatic rings. The molecule has 2 aromatic carbocycles. The van der Waals surface area contributed by atoms with Crippen LogP contribution in [0.15, 0.2) is 93.2 Å². The number of ether oxygens (including phenoxy) is 3. The first kappa shape index (κ1) is 28.5. The van der Waals surface area contributed by atoms with Crippen molar-refractivity contribution in [3.63, 3.8) is 0 Å². The summed E-state index contributed by atoms with van der Waals surface area (Å²) in [5.41, 5.74) is 2.24. The Kier molecular flexibility index (Phi) is 11.0. The first-order valence-corrected chi connectivity index (χ1v) is 13.0. The van der Waals surface area contributed by atoms with Gasteiger partial charge in [-0.1, -0.05) is 54.5 Å². The molecule has 0 atom stereocenters. The van der Waals surface area contributed by atoms with Crippen LogP contribution in [0.5, 0.6) is 17.2 Å². The Morgan fingerprint density at radius 2 is 1.71 bits per heavy atom. The van der Waals surface area contributed by atoms with Gasteiger partial charge in [0.05, 0.1) is 17.6 Å². The van der Waals surface area contributed by atoms with Gasteiger partial charge in [-0.05, 0) is 76.8 Å². The van der Waals surface area contributed by atoms with Crippen LogP contribution in [0.2, 0.25) is 0 Å². The second-order valence-corrected chi connectivity index (χ2v) is 9.16. The van der Waals surface area contributed by atoms with Crippen molar-refractivity contribution in [3.05, 3.63) is 100.0 Å². The van der Waals surface area contributed by atoms with E-state index in [4.69, 9.17) is 18.6 Å². The van der Waals surface area contributed by atoms with Crippen molar-refractivity contribution in [2.24, 2.45) is 0 Å². The maximum atomic E-state index is 13.0. The van der Waals surface area contributed by atoms with Crippen LogP contribution >= 0.6 is 0 Å². The van der Waals surface area contributed by atoms with E-state index >= 15 is 0 Å². The van der Waals surface area contributed by atoms with Crippen molar-refractivity contribution in [2.45, 2.75) is 53.4 Å². The van der Waals surface area contributed by atoms with E-state index in [1.807, 2.05) is 13.0 Å². The number of carbonyl (C=O) groups excluding carboxylic acids is 1. The summed E-state index contributed by atoms with van der Waals surface area (Å²) in [4.78, 5) is 25.7. The van der Waals surface area contributed by atoms with Gasteiger partial charge in [0.1, 0.15) is 17.9 Å².